The van der Waals surface area contributed by atoms with Gasteiger partial charge in [-0.1, -0.05) is 12.1 Å². The zero-order valence-corrected chi connectivity index (χ0v) is 14.3. The van der Waals surface area contributed by atoms with Gasteiger partial charge >= 0.3 is 5.97 Å². The van der Waals surface area contributed by atoms with Gasteiger partial charge in [-0.3, -0.25) is 4.79 Å². The molecule has 1 aromatic heterocycles. The number of Topliss-reactive ketones (excluding diaryl/α,β-unsaturated/α-hetero) is 1. The number of nitrogens with zero attached hydrogens (tertiary/aromatic N) is 4. The van der Waals surface area contributed by atoms with Crippen molar-refractivity contribution < 1.29 is 23.5 Å². The summed E-state index contributed by atoms with van der Waals surface area (Å²) in [5, 5.41) is 11.3. The van der Waals surface area contributed by atoms with Crippen LogP contribution in [0.2, 0.25) is 0 Å². The van der Waals surface area contributed by atoms with E-state index >= 15 is 0 Å². The molecule has 0 spiro atoms. The van der Waals surface area contributed by atoms with Crippen molar-refractivity contribution >= 4 is 11.8 Å². The molecule has 0 atom stereocenters. The first-order chi connectivity index (χ1) is 13.1. The van der Waals surface area contributed by atoms with Crippen LogP contribution in [-0.4, -0.2) is 45.7 Å². The Hall–Kier alpha value is -3.62. The second-order valence-corrected chi connectivity index (χ2v) is 5.44. The van der Waals surface area contributed by atoms with E-state index in [9.17, 15) is 14.0 Å². The summed E-state index contributed by atoms with van der Waals surface area (Å²) in [5.41, 5.74) is 0.566. The summed E-state index contributed by atoms with van der Waals surface area (Å²) < 4.78 is 23.7. The monoisotopic (exact) mass is 370 g/mol. The van der Waals surface area contributed by atoms with Crippen molar-refractivity contribution in [3.05, 3.63) is 59.9 Å². The van der Waals surface area contributed by atoms with E-state index in [4.69, 9.17) is 9.47 Å². The number of ether oxygens (including phenoxy) is 2. The average molecular weight is 370 g/mol. The van der Waals surface area contributed by atoms with Crippen LogP contribution in [0.5, 0.6) is 5.75 Å². The number of carbonyl (C=O) groups is 2. The topological polar surface area (TPSA) is 96.2 Å². The van der Waals surface area contributed by atoms with Crippen LogP contribution in [0.25, 0.3) is 11.4 Å². The highest BCUT2D eigenvalue weighted by molar-refractivity contribution is 5.98. The Morgan fingerprint density at radius 2 is 1.85 bits per heavy atom. The largest absolute Gasteiger partial charge is 0.497 e. The standard InChI is InChI=1S/C18H15FN4O4/c1-26-13-8-6-12(7-9-13)16(24)11-27-17(25)10-23-21-18(20-22-23)14-4-2-3-5-15(14)19/h2-9H,10-11H2,1H3. The minimum absolute atomic E-state index is 0.0511. The van der Waals surface area contributed by atoms with Gasteiger partial charge in [0.15, 0.2) is 18.9 Å². The van der Waals surface area contributed by atoms with Crippen molar-refractivity contribution in [2.45, 2.75) is 6.54 Å². The Labute approximate surface area is 153 Å². The smallest absolute Gasteiger partial charge is 0.330 e. The molecule has 27 heavy (non-hydrogen) atoms. The van der Waals surface area contributed by atoms with E-state index in [1.54, 1.807) is 36.4 Å². The van der Waals surface area contributed by atoms with E-state index in [0.29, 0.717) is 11.3 Å². The van der Waals surface area contributed by atoms with Crippen molar-refractivity contribution in [1.82, 2.24) is 20.2 Å². The van der Waals surface area contributed by atoms with Crippen LogP contribution >= 0.6 is 0 Å². The lowest BCUT2D eigenvalue weighted by molar-refractivity contribution is -0.143. The van der Waals surface area contributed by atoms with Gasteiger partial charge in [-0.25, -0.2) is 9.18 Å². The third-order valence-electron chi connectivity index (χ3n) is 3.61. The maximum atomic E-state index is 13.7. The molecule has 0 unspecified atom stereocenters. The van der Waals surface area contributed by atoms with Crippen LogP contribution in [0.3, 0.4) is 0 Å². The molecule has 0 bridgehead atoms. The lowest BCUT2D eigenvalue weighted by atomic mass is 10.1. The molecule has 0 saturated carbocycles. The highest BCUT2D eigenvalue weighted by atomic mass is 19.1. The van der Waals surface area contributed by atoms with Gasteiger partial charge in [0, 0.05) is 5.56 Å². The highest BCUT2D eigenvalue weighted by Gasteiger charge is 2.14. The molecule has 1 heterocycles. The Kier molecular flexibility index (Phi) is 5.50. The minimum atomic E-state index is -0.714. The van der Waals surface area contributed by atoms with E-state index in [2.05, 4.69) is 15.4 Å². The number of benzene rings is 2. The summed E-state index contributed by atoms with van der Waals surface area (Å²) in [7, 11) is 1.52. The predicted molar refractivity (Wildman–Crippen MR) is 91.5 cm³/mol. The molecule has 2 aromatic carbocycles. The number of aromatic nitrogens is 4. The summed E-state index contributed by atoms with van der Waals surface area (Å²) >= 11 is 0. The number of hydrogen-bond acceptors (Lipinski definition) is 7. The number of hydrogen-bond donors (Lipinski definition) is 0. The Balaban J connectivity index is 1.55. The fourth-order valence-corrected chi connectivity index (χ4v) is 2.23. The number of tetrazole rings is 1. The molecule has 3 rings (SSSR count). The van der Waals surface area contributed by atoms with E-state index in [-0.39, 0.29) is 23.7 Å². The van der Waals surface area contributed by atoms with Crippen molar-refractivity contribution in [3.63, 3.8) is 0 Å². The van der Waals surface area contributed by atoms with Gasteiger partial charge in [-0.05, 0) is 41.6 Å². The Morgan fingerprint density at radius 3 is 2.56 bits per heavy atom. The molecule has 8 nitrogen and oxygen atoms in total. The molecule has 138 valence electrons. The van der Waals surface area contributed by atoms with Crippen molar-refractivity contribution in [2.75, 3.05) is 13.7 Å². The molecule has 0 aliphatic rings. The van der Waals surface area contributed by atoms with Gasteiger partial charge in [0.05, 0.1) is 12.7 Å². The van der Waals surface area contributed by atoms with Gasteiger partial charge in [0.2, 0.25) is 5.82 Å². The minimum Gasteiger partial charge on any atom is -0.497 e. The molecular formula is C18H15FN4O4. The van der Waals surface area contributed by atoms with Crippen LogP contribution in [0, 0.1) is 5.82 Å². The van der Waals surface area contributed by atoms with Gasteiger partial charge in [-0.2, -0.15) is 4.80 Å². The molecule has 3 aromatic rings. The van der Waals surface area contributed by atoms with Gasteiger partial charge in [0.1, 0.15) is 11.6 Å². The van der Waals surface area contributed by atoms with E-state index in [1.807, 2.05) is 0 Å². The van der Waals surface area contributed by atoms with Gasteiger partial charge < -0.3 is 9.47 Å². The number of ketones is 1. The first kappa shape index (κ1) is 18.2. The Bertz CT molecular complexity index is 956. The molecule has 0 radical (unpaired) electrons. The van der Waals surface area contributed by atoms with Gasteiger partial charge in [-0.15, -0.1) is 10.2 Å². The second-order valence-electron chi connectivity index (χ2n) is 5.44. The lowest BCUT2D eigenvalue weighted by Crippen LogP contribution is -2.19. The summed E-state index contributed by atoms with van der Waals surface area (Å²) in [5.74, 6) is -0.898. The predicted octanol–water partition coefficient (Wildman–Crippen LogP) is 1.91. The Morgan fingerprint density at radius 1 is 1.11 bits per heavy atom. The number of methoxy groups -OCH3 is 1. The SMILES string of the molecule is COc1ccc(C(=O)COC(=O)Cn2nnc(-c3ccccc3F)n2)cc1. The first-order valence-corrected chi connectivity index (χ1v) is 7.92. The zero-order valence-electron chi connectivity index (χ0n) is 14.3. The quantitative estimate of drug-likeness (QED) is 0.463. The van der Waals surface area contributed by atoms with Crippen molar-refractivity contribution in [3.8, 4) is 17.1 Å². The third kappa shape index (κ3) is 4.51. The zero-order chi connectivity index (χ0) is 19.2. The molecule has 0 fully saturated rings. The summed E-state index contributed by atoms with van der Waals surface area (Å²) in [6.45, 7) is -0.766. The molecule has 9 heteroatoms. The second kappa shape index (κ2) is 8.17. The highest BCUT2D eigenvalue weighted by Crippen LogP contribution is 2.17. The van der Waals surface area contributed by atoms with Crippen LogP contribution in [-0.2, 0) is 16.1 Å². The average Bonchev–Trinajstić information content (AvgIpc) is 3.14. The number of carbonyl (C=O) groups excluding carboxylic acids is 2. The fraction of sp³-hybridized carbons (Fsp3) is 0.167. The lowest BCUT2D eigenvalue weighted by Gasteiger charge is -2.05. The van der Waals surface area contributed by atoms with Crippen molar-refractivity contribution in [2.24, 2.45) is 0 Å². The third-order valence-corrected chi connectivity index (χ3v) is 3.61. The summed E-state index contributed by atoms with van der Waals surface area (Å²) in [6.07, 6.45) is 0. The normalized spacial score (nSPS) is 10.4. The van der Waals surface area contributed by atoms with E-state index in [0.717, 1.165) is 4.80 Å². The van der Waals surface area contributed by atoms with E-state index in [1.165, 1.54) is 19.2 Å². The van der Waals surface area contributed by atoms with E-state index < -0.39 is 18.4 Å². The summed E-state index contributed by atoms with van der Waals surface area (Å²) in [4.78, 5) is 24.9. The molecule has 0 amide bonds. The maximum absolute atomic E-state index is 13.7. The van der Waals surface area contributed by atoms with Crippen molar-refractivity contribution in [1.29, 1.82) is 0 Å². The molecular weight excluding hydrogens is 355 g/mol. The molecule has 0 saturated heterocycles. The number of halogens is 1. The maximum Gasteiger partial charge on any atom is 0.330 e. The van der Waals surface area contributed by atoms with Crippen LogP contribution in [0.15, 0.2) is 48.5 Å². The molecule has 0 N–H and O–H groups in total. The molecule has 0 aliphatic heterocycles. The number of esters is 1. The van der Waals surface area contributed by atoms with Crippen LogP contribution in [0.1, 0.15) is 10.4 Å². The van der Waals surface area contributed by atoms with Crippen LogP contribution in [0.4, 0.5) is 4.39 Å². The first-order valence-electron chi connectivity index (χ1n) is 7.92. The van der Waals surface area contributed by atoms with Crippen LogP contribution < -0.4 is 4.74 Å². The fourth-order valence-electron chi connectivity index (χ4n) is 2.23. The number of rotatable bonds is 7. The molecule has 0 aliphatic carbocycles. The summed E-state index contributed by atoms with van der Waals surface area (Å²) in [6, 6.07) is 12.4. The van der Waals surface area contributed by atoms with Gasteiger partial charge in [0.25, 0.3) is 0 Å².